The molecule has 182 valence electrons. The maximum atomic E-state index is 11.3. The molecule has 9 nitrogen and oxygen atoms in total. The normalized spacial score (nSPS) is 17.0. The Balaban J connectivity index is 1.19. The topological polar surface area (TPSA) is 110 Å². The average molecular weight is 474 g/mol. The quantitative estimate of drug-likeness (QED) is 0.556. The Kier molecular flexibility index (Phi) is 6.85. The van der Waals surface area contributed by atoms with Crippen LogP contribution in [-0.4, -0.2) is 56.9 Å². The Labute approximate surface area is 205 Å². The van der Waals surface area contributed by atoms with Crippen LogP contribution in [0.4, 0.5) is 5.95 Å². The Bertz CT molecular complexity index is 1170. The average Bonchev–Trinajstić information content (AvgIpc) is 3.40. The Morgan fingerprint density at radius 2 is 1.77 bits per heavy atom. The van der Waals surface area contributed by atoms with Crippen molar-refractivity contribution in [3.05, 3.63) is 65.4 Å². The summed E-state index contributed by atoms with van der Waals surface area (Å²) >= 11 is 0. The highest BCUT2D eigenvalue weighted by molar-refractivity contribution is 5.92. The van der Waals surface area contributed by atoms with Gasteiger partial charge in [-0.2, -0.15) is 4.98 Å². The third-order valence-corrected chi connectivity index (χ3v) is 6.64. The van der Waals surface area contributed by atoms with E-state index in [0.717, 1.165) is 68.7 Å². The van der Waals surface area contributed by atoms with Crippen LogP contribution in [0, 0.1) is 6.92 Å². The van der Waals surface area contributed by atoms with Gasteiger partial charge in [0, 0.05) is 49.1 Å². The van der Waals surface area contributed by atoms with Crippen molar-refractivity contribution in [2.24, 2.45) is 5.73 Å². The molecule has 0 atom stereocenters. The summed E-state index contributed by atoms with van der Waals surface area (Å²) in [4.78, 5) is 34.7. The SMILES string of the molecule is Cc1cc(Oc2ccc(C(N)=O)cc2)nc(C2CCN(Cc3ccnc(N4CCCC4)n3)CC2)n1. The van der Waals surface area contributed by atoms with Crippen LogP contribution in [0.15, 0.2) is 42.6 Å². The van der Waals surface area contributed by atoms with Gasteiger partial charge >= 0.3 is 0 Å². The van der Waals surface area contributed by atoms with Crippen LogP contribution in [0.2, 0.25) is 0 Å². The van der Waals surface area contributed by atoms with E-state index in [1.54, 1.807) is 24.3 Å². The van der Waals surface area contributed by atoms with Crippen molar-refractivity contribution >= 4 is 11.9 Å². The van der Waals surface area contributed by atoms with Crippen LogP contribution in [0.1, 0.15) is 59.2 Å². The lowest BCUT2D eigenvalue weighted by Crippen LogP contribution is -2.33. The highest BCUT2D eigenvalue weighted by Crippen LogP contribution is 2.29. The first-order valence-electron chi connectivity index (χ1n) is 12.3. The van der Waals surface area contributed by atoms with Gasteiger partial charge in [-0.1, -0.05) is 0 Å². The number of piperidine rings is 1. The number of ether oxygens (including phenoxy) is 1. The molecule has 1 aromatic carbocycles. The summed E-state index contributed by atoms with van der Waals surface area (Å²) in [5, 5.41) is 0. The van der Waals surface area contributed by atoms with Crippen molar-refractivity contribution in [3.63, 3.8) is 0 Å². The zero-order valence-electron chi connectivity index (χ0n) is 20.1. The third-order valence-electron chi connectivity index (χ3n) is 6.64. The molecule has 0 bridgehead atoms. The minimum absolute atomic E-state index is 0.288. The summed E-state index contributed by atoms with van der Waals surface area (Å²) < 4.78 is 5.95. The highest BCUT2D eigenvalue weighted by atomic mass is 16.5. The summed E-state index contributed by atoms with van der Waals surface area (Å²) in [6.07, 6.45) is 6.29. The van der Waals surface area contributed by atoms with Crippen LogP contribution < -0.4 is 15.4 Å². The van der Waals surface area contributed by atoms with Crippen molar-refractivity contribution in [1.29, 1.82) is 0 Å². The predicted octanol–water partition coefficient (Wildman–Crippen LogP) is 3.45. The van der Waals surface area contributed by atoms with Crippen LogP contribution >= 0.6 is 0 Å². The fraction of sp³-hybridized carbons (Fsp3) is 0.423. The number of likely N-dealkylation sites (tertiary alicyclic amines) is 1. The first kappa shape index (κ1) is 23.2. The molecule has 0 unspecified atom stereocenters. The first-order valence-corrected chi connectivity index (χ1v) is 12.3. The van der Waals surface area contributed by atoms with E-state index in [-0.39, 0.29) is 5.92 Å². The molecule has 2 N–H and O–H groups in total. The van der Waals surface area contributed by atoms with E-state index in [4.69, 9.17) is 25.4 Å². The summed E-state index contributed by atoms with van der Waals surface area (Å²) in [5.74, 6) is 2.63. The van der Waals surface area contributed by atoms with Gasteiger partial charge in [0.05, 0.1) is 5.69 Å². The minimum Gasteiger partial charge on any atom is -0.439 e. The number of carbonyl (C=O) groups excluding carboxylic acids is 1. The van der Waals surface area contributed by atoms with Crippen LogP contribution in [0.3, 0.4) is 0 Å². The number of nitrogens with zero attached hydrogens (tertiary/aromatic N) is 6. The minimum atomic E-state index is -0.463. The number of aryl methyl sites for hydroxylation is 1. The lowest BCUT2D eigenvalue weighted by Gasteiger charge is -2.31. The number of amides is 1. The second-order valence-electron chi connectivity index (χ2n) is 9.29. The van der Waals surface area contributed by atoms with Crippen molar-refractivity contribution in [1.82, 2.24) is 24.8 Å². The third kappa shape index (κ3) is 5.74. The van der Waals surface area contributed by atoms with E-state index in [1.807, 2.05) is 25.3 Å². The largest absolute Gasteiger partial charge is 0.439 e. The van der Waals surface area contributed by atoms with E-state index < -0.39 is 5.91 Å². The molecule has 9 heteroatoms. The van der Waals surface area contributed by atoms with Gasteiger partial charge in [0.2, 0.25) is 17.7 Å². The fourth-order valence-electron chi connectivity index (χ4n) is 4.73. The Morgan fingerprint density at radius 1 is 1.03 bits per heavy atom. The molecule has 2 aliphatic rings. The summed E-state index contributed by atoms with van der Waals surface area (Å²) in [6.45, 7) is 6.83. The molecule has 2 saturated heterocycles. The molecule has 0 spiro atoms. The Morgan fingerprint density at radius 3 is 2.49 bits per heavy atom. The molecular weight excluding hydrogens is 442 g/mol. The maximum Gasteiger partial charge on any atom is 0.248 e. The number of benzene rings is 1. The number of hydrogen-bond donors (Lipinski definition) is 1. The molecule has 2 aliphatic heterocycles. The molecule has 1 amide bonds. The smallest absolute Gasteiger partial charge is 0.248 e. The molecule has 4 heterocycles. The van der Waals surface area contributed by atoms with Crippen molar-refractivity contribution in [2.75, 3.05) is 31.1 Å². The predicted molar refractivity (Wildman–Crippen MR) is 133 cm³/mol. The zero-order valence-corrected chi connectivity index (χ0v) is 20.1. The standard InChI is InChI=1S/C26H31N7O2/c1-18-16-23(35-22-6-4-19(5-7-22)24(27)34)31-25(29-18)20-9-14-32(15-10-20)17-21-8-11-28-26(30-21)33-12-2-3-13-33/h4-8,11,16,20H,2-3,9-10,12-15,17H2,1H3,(H2,27,34). The van der Waals surface area contributed by atoms with E-state index in [0.29, 0.717) is 17.2 Å². The van der Waals surface area contributed by atoms with Gasteiger partial charge < -0.3 is 15.4 Å². The summed E-state index contributed by atoms with van der Waals surface area (Å²) in [7, 11) is 0. The van der Waals surface area contributed by atoms with Gasteiger partial charge in [-0.15, -0.1) is 0 Å². The number of primary amides is 1. The number of rotatable bonds is 7. The summed E-state index contributed by atoms with van der Waals surface area (Å²) in [6, 6.07) is 10.6. The van der Waals surface area contributed by atoms with E-state index >= 15 is 0 Å². The molecular formula is C26H31N7O2. The van der Waals surface area contributed by atoms with Gasteiger partial charge in [-0.3, -0.25) is 9.69 Å². The van der Waals surface area contributed by atoms with Crippen molar-refractivity contribution < 1.29 is 9.53 Å². The molecule has 2 aromatic heterocycles. The van der Waals surface area contributed by atoms with E-state index in [1.165, 1.54) is 12.8 Å². The second-order valence-corrected chi connectivity index (χ2v) is 9.29. The molecule has 0 radical (unpaired) electrons. The number of carbonyl (C=O) groups is 1. The lowest BCUT2D eigenvalue weighted by atomic mass is 9.95. The molecule has 35 heavy (non-hydrogen) atoms. The van der Waals surface area contributed by atoms with E-state index in [9.17, 15) is 4.79 Å². The summed E-state index contributed by atoms with van der Waals surface area (Å²) in [5.41, 5.74) is 7.70. The number of aromatic nitrogens is 4. The number of nitrogens with two attached hydrogens (primary N) is 1. The van der Waals surface area contributed by atoms with Gasteiger partial charge in [0.25, 0.3) is 0 Å². The molecule has 0 aliphatic carbocycles. The maximum absolute atomic E-state index is 11.3. The van der Waals surface area contributed by atoms with Gasteiger partial charge in [-0.25, -0.2) is 15.0 Å². The number of anilines is 1. The van der Waals surface area contributed by atoms with Crippen molar-refractivity contribution in [2.45, 2.75) is 45.1 Å². The molecule has 5 rings (SSSR count). The van der Waals surface area contributed by atoms with E-state index in [2.05, 4.69) is 14.8 Å². The van der Waals surface area contributed by atoms with Crippen molar-refractivity contribution in [3.8, 4) is 11.6 Å². The fourth-order valence-corrected chi connectivity index (χ4v) is 4.73. The second kappa shape index (κ2) is 10.4. The van der Waals surface area contributed by atoms with Gasteiger partial charge in [0.15, 0.2) is 0 Å². The van der Waals surface area contributed by atoms with Gasteiger partial charge in [0.1, 0.15) is 11.6 Å². The molecule has 0 saturated carbocycles. The van der Waals surface area contributed by atoms with Crippen LogP contribution in [-0.2, 0) is 6.54 Å². The van der Waals surface area contributed by atoms with Crippen LogP contribution in [0.5, 0.6) is 11.6 Å². The molecule has 2 fully saturated rings. The first-order chi connectivity index (χ1) is 17.0. The monoisotopic (exact) mass is 473 g/mol. The highest BCUT2D eigenvalue weighted by Gasteiger charge is 2.24. The Hall–Kier alpha value is -3.59. The lowest BCUT2D eigenvalue weighted by molar-refractivity contribution is 0.100. The number of hydrogen-bond acceptors (Lipinski definition) is 8. The van der Waals surface area contributed by atoms with Crippen LogP contribution in [0.25, 0.3) is 0 Å². The molecule has 3 aromatic rings. The van der Waals surface area contributed by atoms with Gasteiger partial charge in [-0.05, 0) is 76.0 Å². The zero-order chi connectivity index (χ0) is 24.2.